The van der Waals surface area contributed by atoms with Crippen LogP contribution in [0.15, 0.2) is 42.5 Å². The standard InChI is InChI=1S/C23H27N3O4/c1-15-6-5-7-16(2)20(15)24-19(27)14-26-21(28)23(3,25-22(26)29)13-12-17-8-10-18(30-4)11-9-17/h5-11H,12-14H2,1-4H3,(H,24,27)(H,25,29)/t23-/m0/s1. The molecule has 1 aliphatic heterocycles. The summed E-state index contributed by atoms with van der Waals surface area (Å²) in [6.07, 6.45) is 1.04. The summed E-state index contributed by atoms with van der Waals surface area (Å²) in [6, 6.07) is 12.7. The van der Waals surface area contributed by atoms with Gasteiger partial charge in [-0.15, -0.1) is 0 Å². The molecule has 0 saturated carbocycles. The molecule has 0 aliphatic carbocycles. The van der Waals surface area contributed by atoms with E-state index in [1.54, 1.807) is 14.0 Å². The van der Waals surface area contributed by atoms with Gasteiger partial charge in [0.05, 0.1) is 7.11 Å². The number of amides is 4. The Morgan fingerprint density at radius 2 is 1.73 bits per heavy atom. The molecule has 1 atom stereocenters. The molecular weight excluding hydrogens is 382 g/mol. The number of aryl methyl sites for hydroxylation is 3. The number of carbonyl (C=O) groups excluding carboxylic acids is 3. The molecule has 30 heavy (non-hydrogen) atoms. The van der Waals surface area contributed by atoms with Crippen LogP contribution in [-0.2, 0) is 16.0 Å². The van der Waals surface area contributed by atoms with Gasteiger partial charge in [0.15, 0.2) is 0 Å². The summed E-state index contributed by atoms with van der Waals surface area (Å²) in [7, 11) is 1.61. The number of ether oxygens (including phenoxy) is 1. The van der Waals surface area contributed by atoms with Gasteiger partial charge < -0.3 is 15.4 Å². The molecule has 0 radical (unpaired) electrons. The highest BCUT2D eigenvalue weighted by Crippen LogP contribution is 2.25. The Bertz CT molecular complexity index is 951. The predicted molar refractivity (Wildman–Crippen MR) is 115 cm³/mol. The lowest BCUT2D eigenvalue weighted by Gasteiger charge is -2.21. The number of benzene rings is 2. The van der Waals surface area contributed by atoms with Crippen molar-refractivity contribution in [1.29, 1.82) is 0 Å². The largest absolute Gasteiger partial charge is 0.497 e. The molecule has 0 aromatic heterocycles. The molecule has 2 aromatic rings. The van der Waals surface area contributed by atoms with E-state index in [0.717, 1.165) is 27.3 Å². The fraction of sp³-hybridized carbons (Fsp3) is 0.348. The summed E-state index contributed by atoms with van der Waals surface area (Å²) in [5.74, 6) is -0.0377. The minimum Gasteiger partial charge on any atom is -0.497 e. The van der Waals surface area contributed by atoms with Crippen LogP contribution >= 0.6 is 0 Å². The van der Waals surface area contributed by atoms with Gasteiger partial charge >= 0.3 is 6.03 Å². The fourth-order valence-corrected chi connectivity index (χ4v) is 3.58. The number of nitrogens with one attached hydrogen (secondary N) is 2. The molecule has 2 aromatic carbocycles. The molecule has 3 rings (SSSR count). The van der Waals surface area contributed by atoms with Crippen LogP contribution in [0.3, 0.4) is 0 Å². The zero-order valence-electron chi connectivity index (χ0n) is 17.7. The van der Waals surface area contributed by atoms with Gasteiger partial charge in [-0.3, -0.25) is 14.5 Å². The second kappa shape index (κ2) is 8.57. The zero-order valence-corrected chi connectivity index (χ0v) is 17.7. The van der Waals surface area contributed by atoms with Crippen molar-refractivity contribution in [3.8, 4) is 5.75 Å². The van der Waals surface area contributed by atoms with E-state index in [2.05, 4.69) is 10.6 Å². The van der Waals surface area contributed by atoms with Crippen LogP contribution in [-0.4, -0.2) is 41.9 Å². The highest BCUT2D eigenvalue weighted by atomic mass is 16.5. The molecule has 158 valence electrons. The average Bonchev–Trinajstić information content (AvgIpc) is 2.93. The third-order valence-electron chi connectivity index (χ3n) is 5.47. The second-order valence-corrected chi connectivity index (χ2v) is 7.82. The number of rotatable bonds is 7. The molecular formula is C23H27N3O4. The van der Waals surface area contributed by atoms with Crippen LogP contribution < -0.4 is 15.4 Å². The van der Waals surface area contributed by atoms with Crippen molar-refractivity contribution in [2.75, 3.05) is 19.0 Å². The van der Waals surface area contributed by atoms with Crippen molar-refractivity contribution >= 4 is 23.5 Å². The number of urea groups is 1. The van der Waals surface area contributed by atoms with Crippen LogP contribution in [0, 0.1) is 13.8 Å². The van der Waals surface area contributed by atoms with Crippen LogP contribution in [0.25, 0.3) is 0 Å². The van der Waals surface area contributed by atoms with Crippen molar-refractivity contribution < 1.29 is 19.1 Å². The first-order chi connectivity index (χ1) is 14.2. The molecule has 0 spiro atoms. The number of para-hydroxylation sites is 1. The highest BCUT2D eigenvalue weighted by molar-refractivity contribution is 6.10. The summed E-state index contributed by atoms with van der Waals surface area (Å²) in [6.45, 7) is 5.16. The van der Waals surface area contributed by atoms with Crippen LogP contribution in [0.1, 0.15) is 30.0 Å². The quantitative estimate of drug-likeness (QED) is 0.688. The number of nitrogens with zero attached hydrogens (tertiary/aromatic N) is 1. The van der Waals surface area contributed by atoms with E-state index in [4.69, 9.17) is 4.74 Å². The van der Waals surface area contributed by atoms with Crippen molar-refractivity contribution in [3.05, 3.63) is 59.2 Å². The van der Waals surface area contributed by atoms with Gasteiger partial charge in [-0.25, -0.2) is 4.79 Å². The summed E-state index contributed by atoms with van der Waals surface area (Å²) in [5.41, 5.74) is 2.53. The van der Waals surface area contributed by atoms with Gasteiger partial charge in [-0.2, -0.15) is 0 Å². The van der Waals surface area contributed by atoms with E-state index in [0.29, 0.717) is 18.5 Å². The molecule has 2 N–H and O–H groups in total. The second-order valence-electron chi connectivity index (χ2n) is 7.82. The molecule has 1 fully saturated rings. The Balaban J connectivity index is 1.63. The molecule has 7 heteroatoms. The number of hydrogen-bond acceptors (Lipinski definition) is 4. The maximum absolute atomic E-state index is 12.9. The van der Waals surface area contributed by atoms with Crippen molar-refractivity contribution in [1.82, 2.24) is 10.2 Å². The molecule has 1 aliphatic rings. The van der Waals surface area contributed by atoms with Crippen LogP contribution in [0.4, 0.5) is 10.5 Å². The van der Waals surface area contributed by atoms with Crippen LogP contribution in [0.2, 0.25) is 0 Å². The summed E-state index contributed by atoms with van der Waals surface area (Å²) in [4.78, 5) is 38.8. The number of imide groups is 1. The van der Waals surface area contributed by atoms with Gasteiger partial charge in [-0.05, 0) is 62.4 Å². The van der Waals surface area contributed by atoms with E-state index < -0.39 is 23.4 Å². The summed E-state index contributed by atoms with van der Waals surface area (Å²) in [5, 5.41) is 5.57. The summed E-state index contributed by atoms with van der Waals surface area (Å²) < 4.78 is 5.15. The molecule has 4 amide bonds. The number of anilines is 1. The fourth-order valence-electron chi connectivity index (χ4n) is 3.58. The lowest BCUT2D eigenvalue weighted by atomic mass is 9.93. The average molecular weight is 409 g/mol. The smallest absolute Gasteiger partial charge is 0.325 e. The van der Waals surface area contributed by atoms with Gasteiger partial charge in [0.2, 0.25) is 5.91 Å². The predicted octanol–water partition coefficient (Wildman–Crippen LogP) is 3.19. The van der Waals surface area contributed by atoms with E-state index in [1.807, 2.05) is 56.3 Å². The van der Waals surface area contributed by atoms with Gasteiger partial charge in [0.1, 0.15) is 17.8 Å². The van der Waals surface area contributed by atoms with Gasteiger partial charge in [-0.1, -0.05) is 30.3 Å². The van der Waals surface area contributed by atoms with Crippen molar-refractivity contribution in [3.63, 3.8) is 0 Å². The Labute approximate surface area is 176 Å². The Morgan fingerprint density at radius 1 is 1.10 bits per heavy atom. The topological polar surface area (TPSA) is 87.7 Å². The maximum Gasteiger partial charge on any atom is 0.325 e. The molecule has 1 heterocycles. The normalized spacial score (nSPS) is 18.3. The third kappa shape index (κ3) is 4.45. The van der Waals surface area contributed by atoms with E-state index in [-0.39, 0.29) is 6.54 Å². The molecule has 0 unspecified atom stereocenters. The SMILES string of the molecule is COc1ccc(CC[C@]2(C)NC(=O)N(CC(=O)Nc3c(C)cccc3C)C2=O)cc1. The highest BCUT2D eigenvalue weighted by Gasteiger charge is 2.47. The first-order valence-electron chi connectivity index (χ1n) is 9.86. The van der Waals surface area contributed by atoms with Gasteiger partial charge in [0.25, 0.3) is 5.91 Å². The van der Waals surface area contributed by atoms with Crippen molar-refractivity contribution in [2.24, 2.45) is 0 Å². The molecule has 7 nitrogen and oxygen atoms in total. The molecule has 0 bridgehead atoms. The Kier molecular flexibility index (Phi) is 6.10. The zero-order chi connectivity index (χ0) is 21.9. The first kappa shape index (κ1) is 21.4. The first-order valence-corrected chi connectivity index (χ1v) is 9.86. The maximum atomic E-state index is 12.9. The Hall–Kier alpha value is -3.35. The number of carbonyl (C=O) groups is 3. The van der Waals surface area contributed by atoms with E-state index in [9.17, 15) is 14.4 Å². The van der Waals surface area contributed by atoms with Crippen LogP contribution in [0.5, 0.6) is 5.75 Å². The van der Waals surface area contributed by atoms with E-state index in [1.165, 1.54) is 0 Å². The minimum absolute atomic E-state index is 0.323. The number of hydrogen-bond donors (Lipinski definition) is 2. The Morgan fingerprint density at radius 3 is 2.33 bits per heavy atom. The number of methoxy groups -OCH3 is 1. The lowest BCUT2D eigenvalue weighted by Crippen LogP contribution is -2.45. The minimum atomic E-state index is -1.05. The third-order valence-corrected chi connectivity index (χ3v) is 5.47. The van der Waals surface area contributed by atoms with E-state index >= 15 is 0 Å². The molecule has 1 saturated heterocycles. The monoisotopic (exact) mass is 409 g/mol. The van der Waals surface area contributed by atoms with Gasteiger partial charge in [0, 0.05) is 5.69 Å². The lowest BCUT2D eigenvalue weighted by molar-refractivity contribution is -0.133. The summed E-state index contributed by atoms with van der Waals surface area (Å²) >= 11 is 0. The van der Waals surface area contributed by atoms with Crippen molar-refractivity contribution in [2.45, 2.75) is 39.2 Å².